The summed E-state index contributed by atoms with van der Waals surface area (Å²) in [7, 11) is 2.80. The van der Waals surface area contributed by atoms with Crippen molar-refractivity contribution in [1.29, 1.82) is 0 Å². The van der Waals surface area contributed by atoms with Crippen molar-refractivity contribution in [2.24, 2.45) is 0 Å². The van der Waals surface area contributed by atoms with Crippen molar-refractivity contribution < 1.29 is 28.6 Å². The summed E-state index contributed by atoms with van der Waals surface area (Å²) in [6, 6.07) is 13.6. The van der Waals surface area contributed by atoms with Gasteiger partial charge in [-0.05, 0) is 50.3 Å². The summed E-state index contributed by atoms with van der Waals surface area (Å²) in [6.45, 7) is 3.67. The lowest BCUT2D eigenvalue weighted by molar-refractivity contribution is -0.136. The second-order valence-electron chi connectivity index (χ2n) is 6.66. The van der Waals surface area contributed by atoms with E-state index in [2.05, 4.69) is 0 Å². The van der Waals surface area contributed by atoms with E-state index in [1.54, 1.807) is 56.3 Å². The first-order valence-corrected chi connectivity index (χ1v) is 9.68. The molecule has 1 amide bonds. The molecular formula is C24H23NO6. The minimum Gasteiger partial charge on any atom is -0.496 e. The molecule has 0 N–H and O–H groups in total. The predicted molar refractivity (Wildman–Crippen MR) is 116 cm³/mol. The number of carbonyl (C=O) groups excluding carboxylic acids is 3. The van der Waals surface area contributed by atoms with Gasteiger partial charge in [-0.15, -0.1) is 0 Å². The Morgan fingerprint density at radius 2 is 1.68 bits per heavy atom. The van der Waals surface area contributed by atoms with Gasteiger partial charge in [0.2, 0.25) is 0 Å². The van der Waals surface area contributed by atoms with Gasteiger partial charge in [-0.2, -0.15) is 0 Å². The number of nitrogens with zero attached hydrogens (tertiary/aromatic N) is 1. The number of rotatable bonds is 6. The van der Waals surface area contributed by atoms with Crippen LogP contribution in [0.15, 0.2) is 65.4 Å². The lowest BCUT2D eigenvalue weighted by Gasteiger charge is -2.18. The summed E-state index contributed by atoms with van der Waals surface area (Å²) in [5, 5.41) is 0. The zero-order valence-corrected chi connectivity index (χ0v) is 17.8. The van der Waals surface area contributed by atoms with Gasteiger partial charge in [-0.25, -0.2) is 9.59 Å². The second-order valence-corrected chi connectivity index (χ2v) is 6.66. The lowest BCUT2D eigenvalue weighted by Crippen LogP contribution is -2.24. The molecule has 1 aliphatic heterocycles. The Morgan fingerprint density at radius 1 is 1.00 bits per heavy atom. The van der Waals surface area contributed by atoms with Crippen LogP contribution in [0.5, 0.6) is 5.75 Å². The zero-order valence-electron chi connectivity index (χ0n) is 17.8. The van der Waals surface area contributed by atoms with Crippen molar-refractivity contribution in [2.75, 3.05) is 25.7 Å². The number of hydrogen-bond acceptors (Lipinski definition) is 6. The summed E-state index contributed by atoms with van der Waals surface area (Å²) in [4.78, 5) is 39.2. The molecule has 0 aromatic heterocycles. The zero-order chi connectivity index (χ0) is 22.5. The molecule has 0 saturated carbocycles. The van der Waals surface area contributed by atoms with E-state index in [4.69, 9.17) is 14.2 Å². The monoisotopic (exact) mass is 421 g/mol. The smallest absolute Gasteiger partial charge is 0.340 e. The van der Waals surface area contributed by atoms with E-state index < -0.39 is 11.9 Å². The Balaban J connectivity index is 2.06. The summed E-state index contributed by atoms with van der Waals surface area (Å²) >= 11 is 0. The molecule has 31 heavy (non-hydrogen) atoms. The van der Waals surface area contributed by atoms with Gasteiger partial charge in [0.25, 0.3) is 5.91 Å². The standard InChI is InChI=1S/C24H23NO6/c1-5-31-23(27)16-10-12-18(13-11-16)25-15(2)21(24(28)30-4)19(22(25)26)14-17-8-6-7-9-20(17)29-3/h6-14H,5H2,1-4H3/b19-14-. The highest BCUT2D eigenvalue weighted by molar-refractivity contribution is 6.24. The summed E-state index contributed by atoms with van der Waals surface area (Å²) in [6.07, 6.45) is 1.61. The molecule has 0 fully saturated rings. The van der Waals surface area contributed by atoms with E-state index in [1.165, 1.54) is 19.1 Å². The van der Waals surface area contributed by atoms with Crippen LogP contribution >= 0.6 is 0 Å². The van der Waals surface area contributed by atoms with Crippen LogP contribution in [0.25, 0.3) is 6.08 Å². The van der Waals surface area contributed by atoms with Gasteiger partial charge in [-0.1, -0.05) is 18.2 Å². The second kappa shape index (κ2) is 9.30. The van der Waals surface area contributed by atoms with Crippen molar-refractivity contribution in [1.82, 2.24) is 0 Å². The Labute approximate surface area is 180 Å². The van der Waals surface area contributed by atoms with Gasteiger partial charge in [0.05, 0.1) is 37.5 Å². The summed E-state index contributed by atoms with van der Waals surface area (Å²) in [5.41, 5.74) is 2.34. The third-order valence-electron chi connectivity index (χ3n) is 4.86. The maximum atomic E-state index is 13.3. The fourth-order valence-corrected chi connectivity index (χ4v) is 3.39. The van der Waals surface area contributed by atoms with Crippen LogP contribution in [0.1, 0.15) is 29.8 Å². The normalized spacial score (nSPS) is 14.8. The molecule has 3 rings (SSSR count). The quantitative estimate of drug-likeness (QED) is 0.522. The summed E-state index contributed by atoms with van der Waals surface area (Å²) in [5.74, 6) is -0.867. The van der Waals surface area contributed by atoms with Crippen LogP contribution in [0.3, 0.4) is 0 Å². The van der Waals surface area contributed by atoms with Gasteiger partial charge in [0.15, 0.2) is 0 Å². The minimum atomic E-state index is -0.613. The van der Waals surface area contributed by atoms with E-state index in [1.807, 2.05) is 12.1 Å². The molecule has 0 unspecified atom stereocenters. The highest BCUT2D eigenvalue weighted by Gasteiger charge is 2.38. The van der Waals surface area contributed by atoms with Gasteiger partial charge in [-0.3, -0.25) is 9.69 Å². The predicted octanol–water partition coefficient (Wildman–Crippen LogP) is 3.75. The molecule has 2 aromatic rings. The molecule has 160 valence electrons. The largest absolute Gasteiger partial charge is 0.496 e. The molecule has 2 aromatic carbocycles. The molecule has 0 atom stereocenters. The number of esters is 2. The van der Waals surface area contributed by atoms with E-state index in [9.17, 15) is 14.4 Å². The molecule has 0 bridgehead atoms. The SMILES string of the molecule is CCOC(=O)c1ccc(N2C(=O)/C(=C\c3ccccc3OC)C(C(=O)OC)=C2C)cc1. The van der Waals surface area contributed by atoms with E-state index >= 15 is 0 Å². The van der Waals surface area contributed by atoms with Crippen LogP contribution in [0, 0.1) is 0 Å². The number of carbonyl (C=O) groups is 3. The average molecular weight is 421 g/mol. The Morgan fingerprint density at radius 3 is 2.29 bits per heavy atom. The van der Waals surface area contributed by atoms with Gasteiger partial charge < -0.3 is 14.2 Å². The van der Waals surface area contributed by atoms with Crippen molar-refractivity contribution in [2.45, 2.75) is 13.8 Å². The van der Waals surface area contributed by atoms with Crippen molar-refractivity contribution in [3.63, 3.8) is 0 Å². The number of methoxy groups -OCH3 is 2. The Bertz CT molecular complexity index is 1080. The molecule has 7 nitrogen and oxygen atoms in total. The van der Waals surface area contributed by atoms with Gasteiger partial charge in [0.1, 0.15) is 5.75 Å². The Kier molecular flexibility index (Phi) is 6.55. The first kappa shape index (κ1) is 21.8. The first-order valence-electron chi connectivity index (χ1n) is 9.68. The van der Waals surface area contributed by atoms with E-state index in [0.717, 1.165) is 0 Å². The fourth-order valence-electron chi connectivity index (χ4n) is 3.39. The number of hydrogen-bond donors (Lipinski definition) is 0. The van der Waals surface area contributed by atoms with Crippen LogP contribution in [0.2, 0.25) is 0 Å². The number of benzene rings is 2. The molecule has 7 heteroatoms. The van der Waals surface area contributed by atoms with Crippen LogP contribution < -0.4 is 9.64 Å². The van der Waals surface area contributed by atoms with Crippen molar-refractivity contribution in [3.8, 4) is 5.75 Å². The van der Waals surface area contributed by atoms with Crippen LogP contribution in [0.4, 0.5) is 5.69 Å². The van der Waals surface area contributed by atoms with Crippen molar-refractivity contribution >= 4 is 29.6 Å². The molecule has 0 aliphatic carbocycles. The summed E-state index contributed by atoms with van der Waals surface area (Å²) < 4.78 is 15.3. The highest BCUT2D eigenvalue weighted by atomic mass is 16.5. The Hall–Kier alpha value is -3.87. The third-order valence-corrected chi connectivity index (χ3v) is 4.86. The fraction of sp³-hybridized carbons (Fsp3) is 0.208. The average Bonchev–Trinajstić information content (AvgIpc) is 3.03. The maximum Gasteiger partial charge on any atom is 0.340 e. The number of allylic oxidation sites excluding steroid dienone is 1. The number of ether oxygens (including phenoxy) is 3. The minimum absolute atomic E-state index is 0.174. The van der Waals surface area contributed by atoms with Crippen molar-refractivity contribution in [3.05, 3.63) is 76.5 Å². The first-order chi connectivity index (χ1) is 14.9. The van der Waals surface area contributed by atoms with E-state index in [0.29, 0.717) is 28.3 Å². The van der Waals surface area contributed by atoms with Gasteiger partial charge >= 0.3 is 11.9 Å². The molecule has 0 spiro atoms. The number of anilines is 1. The van der Waals surface area contributed by atoms with Crippen LogP contribution in [-0.2, 0) is 19.1 Å². The van der Waals surface area contributed by atoms with Gasteiger partial charge in [0, 0.05) is 16.9 Å². The number of para-hydroxylation sites is 1. The maximum absolute atomic E-state index is 13.3. The molecular weight excluding hydrogens is 398 g/mol. The van der Waals surface area contributed by atoms with Crippen LogP contribution in [-0.4, -0.2) is 38.7 Å². The third kappa shape index (κ3) is 4.21. The molecule has 0 saturated heterocycles. The van der Waals surface area contributed by atoms with E-state index in [-0.39, 0.29) is 23.7 Å². The highest BCUT2D eigenvalue weighted by Crippen LogP contribution is 2.36. The molecule has 1 aliphatic rings. The number of amides is 1. The lowest BCUT2D eigenvalue weighted by atomic mass is 10.0. The molecule has 1 heterocycles. The topological polar surface area (TPSA) is 82.1 Å². The molecule has 0 radical (unpaired) electrons.